The van der Waals surface area contributed by atoms with Crippen molar-refractivity contribution in [2.75, 3.05) is 23.0 Å². The molecule has 5 heteroatoms. The summed E-state index contributed by atoms with van der Waals surface area (Å²) in [7, 11) is -2.86. The van der Waals surface area contributed by atoms with Crippen LogP contribution in [0.1, 0.15) is 31.7 Å². The summed E-state index contributed by atoms with van der Waals surface area (Å²) >= 11 is 0. The van der Waals surface area contributed by atoms with Crippen LogP contribution < -0.4 is 4.90 Å². The van der Waals surface area contributed by atoms with E-state index >= 15 is 0 Å². The predicted molar refractivity (Wildman–Crippen MR) is 85.2 cm³/mol. The van der Waals surface area contributed by atoms with Crippen molar-refractivity contribution < 1.29 is 13.2 Å². The fraction of sp³-hybridized carbons (Fsp3) is 0.562. The van der Waals surface area contributed by atoms with E-state index in [1.54, 1.807) is 4.90 Å². The number of hydrogen-bond acceptors (Lipinski definition) is 3. The number of carbonyl (C=O) groups is 1. The number of sulfone groups is 1. The molecular weight excluding hydrogens is 286 g/mol. The Morgan fingerprint density at radius 2 is 1.95 bits per heavy atom. The Morgan fingerprint density at radius 3 is 2.52 bits per heavy atom. The highest BCUT2D eigenvalue weighted by atomic mass is 32.2. The van der Waals surface area contributed by atoms with Crippen molar-refractivity contribution in [1.82, 2.24) is 0 Å². The van der Waals surface area contributed by atoms with Gasteiger partial charge in [-0.2, -0.15) is 0 Å². The topological polar surface area (TPSA) is 54.5 Å². The zero-order valence-electron chi connectivity index (χ0n) is 12.7. The number of carbonyl (C=O) groups excluding carboxylic acids is 1. The molecule has 1 fully saturated rings. The van der Waals surface area contributed by atoms with Gasteiger partial charge in [0.2, 0.25) is 5.91 Å². The molecule has 2 rings (SSSR count). The van der Waals surface area contributed by atoms with Crippen LogP contribution in [-0.4, -0.2) is 32.4 Å². The zero-order chi connectivity index (χ0) is 15.5. The Hall–Kier alpha value is -1.36. The van der Waals surface area contributed by atoms with Crippen molar-refractivity contribution in [3.63, 3.8) is 0 Å². The molecule has 0 atom stereocenters. The molecule has 1 aromatic rings. The molecule has 4 nitrogen and oxygen atoms in total. The van der Waals surface area contributed by atoms with E-state index in [-0.39, 0.29) is 23.3 Å². The van der Waals surface area contributed by atoms with E-state index in [2.05, 4.69) is 0 Å². The number of amides is 1. The average molecular weight is 309 g/mol. The van der Waals surface area contributed by atoms with E-state index in [9.17, 15) is 13.2 Å². The van der Waals surface area contributed by atoms with Crippen LogP contribution in [0.4, 0.5) is 5.69 Å². The summed E-state index contributed by atoms with van der Waals surface area (Å²) in [4.78, 5) is 14.3. The van der Waals surface area contributed by atoms with Crippen molar-refractivity contribution in [2.45, 2.75) is 33.1 Å². The van der Waals surface area contributed by atoms with Crippen molar-refractivity contribution in [3.8, 4) is 0 Å². The Kier molecular flexibility index (Phi) is 5.04. The molecule has 0 spiro atoms. The lowest BCUT2D eigenvalue weighted by Crippen LogP contribution is -2.34. The van der Waals surface area contributed by atoms with Gasteiger partial charge in [0.05, 0.1) is 11.5 Å². The van der Waals surface area contributed by atoms with Gasteiger partial charge in [-0.25, -0.2) is 8.42 Å². The van der Waals surface area contributed by atoms with Gasteiger partial charge in [-0.1, -0.05) is 12.1 Å². The maximum atomic E-state index is 12.5. The summed E-state index contributed by atoms with van der Waals surface area (Å²) in [6, 6.07) is 7.91. The zero-order valence-corrected chi connectivity index (χ0v) is 13.5. The van der Waals surface area contributed by atoms with E-state index in [1.165, 1.54) is 0 Å². The fourth-order valence-corrected chi connectivity index (χ4v) is 4.39. The minimum atomic E-state index is -2.86. The number of nitrogens with zero attached hydrogens (tertiary/aromatic N) is 1. The predicted octanol–water partition coefficient (Wildman–Crippen LogP) is 2.56. The second-order valence-corrected chi connectivity index (χ2v) is 8.08. The first-order valence-electron chi connectivity index (χ1n) is 7.49. The number of hydrogen-bond donors (Lipinski definition) is 0. The molecule has 0 aliphatic carbocycles. The molecule has 21 heavy (non-hydrogen) atoms. The van der Waals surface area contributed by atoms with Gasteiger partial charge in [-0.3, -0.25) is 4.79 Å². The van der Waals surface area contributed by atoms with Gasteiger partial charge < -0.3 is 4.90 Å². The van der Waals surface area contributed by atoms with Gasteiger partial charge in [0.1, 0.15) is 9.84 Å². The van der Waals surface area contributed by atoms with Crippen LogP contribution in [0.15, 0.2) is 24.3 Å². The molecule has 1 saturated heterocycles. The first-order valence-corrected chi connectivity index (χ1v) is 9.31. The monoisotopic (exact) mass is 309 g/mol. The maximum absolute atomic E-state index is 12.5. The van der Waals surface area contributed by atoms with Gasteiger partial charge in [0, 0.05) is 18.7 Å². The number of benzene rings is 1. The summed E-state index contributed by atoms with van der Waals surface area (Å²) in [6.45, 7) is 4.60. The van der Waals surface area contributed by atoms with E-state index in [0.29, 0.717) is 25.8 Å². The maximum Gasteiger partial charge on any atom is 0.227 e. The van der Waals surface area contributed by atoms with Crippen LogP contribution in [0.25, 0.3) is 0 Å². The fourth-order valence-electron chi connectivity index (χ4n) is 2.80. The van der Waals surface area contributed by atoms with E-state index in [1.807, 2.05) is 38.1 Å². The molecule has 1 amide bonds. The van der Waals surface area contributed by atoms with Crippen LogP contribution in [-0.2, 0) is 14.6 Å². The van der Waals surface area contributed by atoms with Crippen molar-refractivity contribution in [1.29, 1.82) is 0 Å². The lowest BCUT2D eigenvalue weighted by Gasteiger charge is -2.26. The summed E-state index contributed by atoms with van der Waals surface area (Å²) in [6.07, 6.45) is 1.66. The van der Waals surface area contributed by atoms with Crippen molar-refractivity contribution in [3.05, 3.63) is 29.8 Å². The Balaban J connectivity index is 2.01. The van der Waals surface area contributed by atoms with Gasteiger partial charge >= 0.3 is 0 Å². The molecule has 0 unspecified atom stereocenters. The van der Waals surface area contributed by atoms with Crippen molar-refractivity contribution in [2.24, 2.45) is 5.92 Å². The lowest BCUT2D eigenvalue weighted by molar-refractivity contribution is -0.119. The average Bonchev–Trinajstić information content (AvgIpc) is 2.42. The quantitative estimate of drug-likeness (QED) is 0.859. The molecule has 0 N–H and O–H groups in total. The lowest BCUT2D eigenvalue weighted by atomic mass is 9.98. The SMILES string of the molecule is CCN(C(=O)CC1CCS(=O)(=O)CC1)c1cccc(C)c1. The summed E-state index contributed by atoms with van der Waals surface area (Å²) in [5.74, 6) is 0.732. The highest BCUT2D eigenvalue weighted by molar-refractivity contribution is 7.91. The van der Waals surface area contributed by atoms with Crippen LogP contribution in [0, 0.1) is 12.8 Å². The highest BCUT2D eigenvalue weighted by Crippen LogP contribution is 2.24. The first-order chi connectivity index (χ1) is 9.91. The van der Waals surface area contributed by atoms with Crippen molar-refractivity contribution >= 4 is 21.4 Å². The van der Waals surface area contributed by atoms with Crippen LogP contribution in [0.3, 0.4) is 0 Å². The summed E-state index contributed by atoms with van der Waals surface area (Å²) in [5, 5.41) is 0. The number of aryl methyl sites for hydroxylation is 1. The van der Waals surface area contributed by atoms with E-state index in [0.717, 1.165) is 11.3 Å². The molecule has 0 bridgehead atoms. The number of rotatable bonds is 4. The Bertz CT molecular complexity index is 596. The van der Waals surface area contributed by atoms with Gasteiger partial charge in [-0.05, 0) is 50.3 Å². The minimum absolute atomic E-state index is 0.0902. The molecule has 0 aromatic heterocycles. The third-order valence-corrected chi connectivity index (χ3v) is 5.78. The Morgan fingerprint density at radius 1 is 1.29 bits per heavy atom. The molecular formula is C16H23NO3S. The van der Waals surface area contributed by atoms with E-state index < -0.39 is 9.84 Å². The highest BCUT2D eigenvalue weighted by Gasteiger charge is 2.27. The summed E-state index contributed by atoms with van der Waals surface area (Å²) in [5.41, 5.74) is 2.05. The van der Waals surface area contributed by atoms with E-state index in [4.69, 9.17) is 0 Å². The molecule has 1 aliphatic heterocycles. The molecule has 0 saturated carbocycles. The molecule has 1 aromatic carbocycles. The molecule has 0 radical (unpaired) electrons. The van der Waals surface area contributed by atoms with Crippen LogP contribution in [0.2, 0.25) is 0 Å². The second kappa shape index (κ2) is 6.60. The van der Waals surface area contributed by atoms with Gasteiger partial charge in [-0.15, -0.1) is 0 Å². The van der Waals surface area contributed by atoms with Gasteiger partial charge in [0.15, 0.2) is 0 Å². The second-order valence-electron chi connectivity index (χ2n) is 5.78. The Labute approximate surface area is 127 Å². The normalized spacial score (nSPS) is 18.4. The summed E-state index contributed by atoms with van der Waals surface area (Å²) < 4.78 is 22.9. The third kappa shape index (κ3) is 4.30. The molecule has 116 valence electrons. The largest absolute Gasteiger partial charge is 0.313 e. The number of anilines is 1. The van der Waals surface area contributed by atoms with Crippen LogP contribution in [0.5, 0.6) is 0 Å². The van der Waals surface area contributed by atoms with Crippen LogP contribution >= 0.6 is 0 Å². The standard InChI is InChI=1S/C16H23NO3S/c1-3-17(15-6-4-5-13(2)11-15)16(18)12-14-7-9-21(19,20)10-8-14/h4-6,11,14H,3,7-10,12H2,1-2H3. The third-order valence-electron chi connectivity index (χ3n) is 4.07. The molecule has 1 heterocycles. The smallest absolute Gasteiger partial charge is 0.227 e. The van der Waals surface area contributed by atoms with Gasteiger partial charge in [0.25, 0.3) is 0 Å². The molecule has 1 aliphatic rings. The minimum Gasteiger partial charge on any atom is -0.313 e. The first kappa shape index (κ1) is 16.0.